The van der Waals surface area contributed by atoms with Crippen molar-refractivity contribution in [1.82, 2.24) is 5.32 Å². The van der Waals surface area contributed by atoms with Crippen molar-refractivity contribution >= 4 is 15.9 Å². The molecular formula is C16H18BrNO3. The van der Waals surface area contributed by atoms with Gasteiger partial charge in [0.05, 0.1) is 14.2 Å². The summed E-state index contributed by atoms with van der Waals surface area (Å²) in [6, 6.07) is 11.1. The highest BCUT2D eigenvalue weighted by atomic mass is 79.9. The van der Waals surface area contributed by atoms with E-state index < -0.39 is 0 Å². The van der Waals surface area contributed by atoms with Gasteiger partial charge in [0.25, 0.3) is 0 Å². The maximum Gasteiger partial charge on any atom is 0.123 e. The minimum absolute atomic E-state index is 0.281. The van der Waals surface area contributed by atoms with E-state index in [0.717, 1.165) is 27.1 Å². The quantitative estimate of drug-likeness (QED) is 0.836. The number of hydrogen-bond acceptors (Lipinski definition) is 4. The Morgan fingerprint density at radius 1 is 1.00 bits per heavy atom. The van der Waals surface area contributed by atoms with Gasteiger partial charge in [-0.25, -0.2) is 0 Å². The Morgan fingerprint density at radius 3 is 2.48 bits per heavy atom. The van der Waals surface area contributed by atoms with Crippen LogP contribution in [0.5, 0.6) is 17.2 Å². The van der Waals surface area contributed by atoms with Gasteiger partial charge >= 0.3 is 0 Å². The number of phenolic OH excluding ortho intramolecular Hbond substituents is 1. The first-order valence-corrected chi connectivity index (χ1v) is 7.32. The molecule has 21 heavy (non-hydrogen) atoms. The second kappa shape index (κ2) is 7.33. The van der Waals surface area contributed by atoms with Crippen molar-refractivity contribution in [2.24, 2.45) is 0 Å². The third-order valence-corrected chi connectivity index (χ3v) is 3.65. The molecule has 0 atom stereocenters. The van der Waals surface area contributed by atoms with Crippen molar-refractivity contribution in [3.05, 3.63) is 52.0 Å². The van der Waals surface area contributed by atoms with Gasteiger partial charge in [0.2, 0.25) is 0 Å². The molecule has 0 saturated heterocycles. The molecule has 0 heterocycles. The molecule has 0 amide bonds. The summed E-state index contributed by atoms with van der Waals surface area (Å²) in [4.78, 5) is 0. The fraction of sp³-hybridized carbons (Fsp3) is 0.250. The molecule has 0 fully saturated rings. The monoisotopic (exact) mass is 351 g/mol. The summed E-state index contributed by atoms with van der Waals surface area (Å²) in [6.45, 7) is 1.18. The number of benzene rings is 2. The fourth-order valence-electron chi connectivity index (χ4n) is 2.05. The van der Waals surface area contributed by atoms with Crippen LogP contribution < -0.4 is 14.8 Å². The summed E-state index contributed by atoms with van der Waals surface area (Å²) in [5.74, 6) is 1.88. The highest BCUT2D eigenvalue weighted by Gasteiger charge is 2.06. The molecule has 4 nitrogen and oxygen atoms in total. The Balaban J connectivity index is 2.04. The van der Waals surface area contributed by atoms with Crippen LogP contribution in [0, 0.1) is 0 Å². The van der Waals surface area contributed by atoms with E-state index >= 15 is 0 Å². The summed E-state index contributed by atoms with van der Waals surface area (Å²) in [5, 5.41) is 13.1. The predicted octanol–water partition coefficient (Wildman–Crippen LogP) is 3.46. The van der Waals surface area contributed by atoms with Gasteiger partial charge in [-0.2, -0.15) is 0 Å². The Bertz CT molecular complexity index is 616. The lowest BCUT2D eigenvalue weighted by Crippen LogP contribution is -2.13. The van der Waals surface area contributed by atoms with E-state index in [1.165, 1.54) is 0 Å². The first-order chi connectivity index (χ1) is 10.1. The van der Waals surface area contributed by atoms with Crippen molar-refractivity contribution < 1.29 is 14.6 Å². The molecule has 0 aliphatic carbocycles. The van der Waals surface area contributed by atoms with Crippen molar-refractivity contribution in [3.8, 4) is 17.2 Å². The Labute approximate surface area is 132 Å². The molecule has 0 saturated carbocycles. The van der Waals surface area contributed by atoms with Crippen molar-refractivity contribution in [2.45, 2.75) is 13.1 Å². The molecule has 0 aliphatic heterocycles. The van der Waals surface area contributed by atoms with E-state index in [4.69, 9.17) is 9.47 Å². The molecule has 0 spiro atoms. The van der Waals surface area contributed by atoms with Crippen molar-refractivity contribution in [1.29, 1.82) is 0 Å². The number of halogens is 1. The second-order valence-corrected chi connectivity index (χ2v) is 5.47. The van der Waals surface area contributed by atoms with Gasteiger partial charge < -0.3 is 19.9 Å². The summed E-state index contributed by atoms with van der Waals surface area (Å²) < 4.78 is 11.5. The largest absolute Gasteiger partial charge is 0.508 e. The maximum atomic E-state index is 9.81. The van der Waals surface area contributed by atoms with Gasteiger partial charge in [0.15, 0.2) is 0 Å². The summed E-state index contributed by atoms with van der Waals surface area (Å²) >= 11 is 3.40. The number of nitrogens with one attached hydrogen (secondary N) is 1. The van der Waals surface area contributed by atoms with Crippen LogP contribution in [0.3, 0.4) is 0 Å². The average Bonchev–Trinajstić information content (AvgIpc) is 2.50. The smallest absolute Gasteiger partial charge is 0.123 e. The number of aromatic hydroxyl groups is 1. The van der Waals surface area contributed by atoms with E-state index in [0.29, 0.717) is 13.1 Å². The first kappa shape index (κ1) is 15.7. The zero-order valence-corrected chi connectivity index (χ0v) is 13.6. The zero-order valence-electron chi connectivity index (χ0n) is 12.0. The molecule has 0 aromatic heterocycles. The Kier molecular flexibility index (Phi) is 5.47. The second-order valence-electron chi connectivity index (χ2n) is 4.55. The molecule has 2 N–H and O–H groups in total. The molecule has 0 bridgehead atoms. The highest BCUT2D eigenvalue weighted by Crippen LogP contribution is 2.25. The predicted molar refractivity (Wildman–Crippen MR) is 85.9 cm³/mol. The molecule has 112 valence electrons. The molecule has 0 radical (unpaired) electrons. The van der Waals surface area contributed by atoms with Gasteiger partial charge in [0.1, 0.15) is 17.2 Å². The average molecular weight is 352 g/mol. The van der Waals surface area contributed by atoms with Crippen LogP contribution in [0.15, 0.2) is 40.9 Å². The number of rotatable bonds is 6. The van der Waals surface area contributed by atoms with Gasteiger partial charge in [-0.15, -0.1) is 0 Å². The van der Waals surface area contributed by atoms with E-state index in [1.54, 1.807) is 20.3 Å². The molecule has 2 rings (SSSR count). The van der Waals surface area contributed by atoms with Crippen LogP contribution in [0.1, 0.15) is 11.1 Å². The van der Waals surface area contributed by atoms with E-state index in [1.807, 2.05) is 30.3 Å². The van der Waals surface area contributed by atoms with E-state index in [2.05, 4.69) is 21.2 Å². The molecule has 2 aromatic rings. The third-order valence-electron chi connectivity index (χ3n) is 3.16. The lowest BCUT2D eigenvalue weighted by Gasteiger charge is -2.12. The van der Waals surface area contributed by atoms with Crippen LogP contribution in [-0.4, -0.2) is 19.3 Å². The molecule has 0 aliphatic rings. The molecule has 2 aromatic carbocycles. The van der Waals surface area contributed by atoms with Gasteiger partial charge in [0, 0.05) is 28.7 Å². The zero-order chi connectivity index (χ0) is 15.2. The lowest BCUT2D eigenvalue weighted by atomic mass is 10.1. The Hall–Kier alpha value is -1.72. The minimum Gasteiger partial charge on any atom is -0.508 e. The van der Waals surface area contributed by atoms with E-state index in [9.17, 15) is 5.11 Å². The maximum absolute atomic E-state index is 9.81. The van der Waals surface area contributed by atoms with Gasteiger partial charge in [-0.05, 0) is 36.4 Å². The van der Waals surface area contributed by atoms with Crippen LogP contribution >= 0.6 is 15.9 Å². The molecule has 0 unspecified atom stereocenters. The summed E-state index contributed by atoms with van der Waals surface area (Å²) in [7, 11) is 3.28. The topological polar surface area (TPSA) is 50.7 Å². The number of methoxy groups -OCH3 is 2. The lowest BCUT2D eigenvalue weighted by molar-refractivity contribution is 0.397. The van der Waals surface area contributed by atoms with Gasteiger partial charge in [-0.1, -0.05) is 15.9 Å². The van der Waals surface area contributed by atoms with Crippen molar-refractivity contribution in [2.75, 3.05) is 14.2 Å². The standard InChI is InChI=1S/C16H18BrNO3/c1-20-14-4-6-16(21-2)12(8-14)10-18-9-11-7-13(17)3-5-15(11)19/h3-8,18-19H,9-10H2,1-2H3. The van der Waals surface area contributed by atoms with E-state index in [-0.39, 0.29) is 5.75 Å². The highest BCUT2D eigenvalue weighted by molar-refractivity contribution is 9.10. The SMILES string of the molecule is COc1ccc(OC)c(CNCc2cc(Br)ccc2O)c1. The third kappa shape index (κ3) is 4.12. The summed E-state index contributed by atoms with van der Waals surface area (Å²) in [5.41, 5.74) is 1.84. The summed E-state index contributed by atoms with van der Waals surface area (Å²) in [6.07, 6.45) is 0. The normalized spacial score (nSPS) is 10.4. The van der Waals surface area contributed by atoms with Crippen LogP contribution in [-0.2, 0) is 13.1 Å². The molecule has 5 heteroatoms. The van der Waals surface area contributed by atoms with Crippen LogP contribution in [0.25, 0.3) is 0 Å². The number of ether oxygens (including phenoxy) is 2. The number of hydrogen-bond donors (Lipinski definition) is 2. The van der Waals surface area contributed by atoms with Crippen LogP contribution in [0.2, 0.25) is 0 Å². The molecular weight excluding hydrogens is 334 g/mol. The fourth-order valence-corrected chi connectivity index (χ4v) is 2.46. The van der Waals surface area contributed by atoms with Gasteiger partial charge in [-0.3, -0.25) is 0 Å². The minimum atomic E-state index is 0.281. The first-order valence-electron chi connectivity index (χ1n) is 6.53. The Morgan fingerprint density at radius 2 is 1.76 bits per heavy atom. The number of phenols is 1. The van der Waals surface area contributed by atoms with Crippen molar-refractivity contribution in [3.63, 3.8) is 0 Å². The van der Waals surface area contributed by atoms with Crippen LogP contribution in [0.4, 0.5) is 0 Å².